The molecule has 24 heavy (non-hydrogen) atoms. The highest BCUT2D eigenvalue weighted by Crippen LogP contribution is 2.29. The third kappa shape index (κ3) is 2.43. The summed E-state index contributed by atoms with van der Waals surface area (Å²) in [6.07, 6.45) is 0.714. The van der Waals surface area contributed by atoms with Gasteiger partial charge in [0.15, 0.2) is 6.29 Å². The molecule has 0 aliphatic heterocycles. The number of fused-ring (bicyclic) bond motifs is 1. The molecule has 0 aliphatic carbocycles. The molecule has 3 rings (SSSR count). The molecule has 3 aromatic rings. The van der Waals surface area contributed by atoms with E-state index in [4.69, 9.17) is 0 Å². The number of nitro groups is 1. The molecule has 0 N–H and O–H groups in total. The molecule has 1 aromatic heterocycles. The van der Waals surface area contributed by atoms with Gasteiger partial charge in [-0.1, -0.05) is 18.2 Å². The van der Waals surface area contributed by atoms with E-state index >= 15 is 0 Å². The van der Waals surface area contributed by atoms with Crippen LogP contribution in [0.4, 0.5) is 5.69 Å². The van der Waals surface area contributed by atoms with Crippen LogP contribution in [-0.2, 0) is 0 Å². The van der Waals surface area contributed by atoms with Gasteiger partial charge in [-0.2, -0.15) is 0 Å². The summed E-state index contributed by atoms with van der Waals surface area (Å²) in [7, 11) is 0. The molecule has 0 aliphatic rings. The molecule has 2 aromatic carbocycles. The van der Waals surface area contributed by atoms with Gasteiger partial charge in [0.1, 0.15) is 0 Å². The third-order valence-electron chi connectivity index (χ3n) is 3.87. The van der Waals surface area contributed by atoms with E-state index in [2.05, 4.69) is 15.9 Å². The minimum Gasteiger partial charge on any atom is -0.298 e. The van der Waals surface area contributed by atoms with Gasteiger partial charge in [0.25, 0.3) is 11.6 Å². The van der Waals surface area contributed by atoms with Crippen molar-refractivity contribution >= 4 is 44.7 Å². The number of carbonyl (C=O) groups excluding carboxylic acids is 2. The monoisotopic (exact) mass is 386 g/mol. The van der Waals surface area contributed by atoms with Gasteiger partial charge in [0.05, 0.1) is 14.9 Å². The largest absolute Gasteiger partial charge is 0.298 e. The van der Waals surface area contributed by atoms with Crippen LogP contribution in [0.2, 0.25) is 0 Å². The number of nitrogens with zero attached hydrogens (tertiary/aromatic N) is 2. The highest BCUT2D eigenvalue weighted by Gasteiger charge is 2.22. The number of aromatic nitrogens is 1. The summed E-state index contributed by atoms with van der Waals surface area (Å²) < 4.78 is 1.71. The Morgan fingerprint density at radius 2 is 1.96 bits per heavy atom. The predicted octanol–water partition coefficient (Wildman–Crippen LogP) is 4.12. The van der Waals surface area contributed by atoms with Gasteiger partial charge in [-0.25, -0.2) is 0 Å². The van der Waals surface area contributed by atoms with E-state index in [1.807, 2.05) is 0 Å². The normalized spacial score (nSPS) is 10.8. The molecule has 0 radical (unpaired) electrons. The van der Waals surface area contributed by atoms with Crippen molar-refractivity contribution in [1.82, 2.24) is 4.57 Å². The molecule has 7 heteroatoms. The van der Waals surface area contributed by atoms with Crippen LogP contribution in [0, 0.1) is 17.0 Å². The fourth-order valence-corrected chi connectivity index (χ4v) is 3.11. The zero-order chi connectivity index (χ0) is 17.4. The van der Waals surface area contributed by atoms with Crippen LogP contribution >= 0.6 is 15.9 Å². The lowest BCUT2D eigenvalue weighted by Crippen LogP contribution is -2.14. The maximum Gasteiger partial charge on any atom is 0.284 e. The Bertz CT molecular complexity index is 1010. The minimum atomic E-state index is -0.557. The maximum absolute atomic E-state index is 12.9. The first-order chi connectivity index (χ1) is 11.5. The molecule has 0 saturated carbocycles. The van der Waals surface area contributed by atoms with Crippen LogP contribution in [0.5, 0.6) is 0 Å². The second-order valence-corrected chi connectivity index (χ2v) is 6.05. The molecule has 0 amide bonds. The van der Waals surface area contributed by atoms with Crippen LogP contribution in [-0.4, -0.2) is 21.7 Å². The third-order valence-corrected chi connectivity index (χ3v) is 4.54. The van der Waals surface area contributed by atoms with Crippen LogP contribution in [0.3, 0.4) is 0 Å². The summed E-state index contributed by atoms with van der Waals surface area (Å²) in [4.78, 5) is 34.8. The van der Waals surface area contributed by atoms with Crippen LogP contribution < -0.4 is 0 Å². The van der Waals surface area contributed by atoms with E-state index in [9.17, 15) is 19.7 Å². The Morgan fingerprint density at radius 3 is 2.62 bits per heavy atom. The summed E-state index contributed by atoms with van der Waals surface area (Å²) in [5.41, 5.74) is 1.51. The average Bonchev–Trinajstić information content (AvgIpc) is 2.85. The van der Waals surface area contributed by atoms with Crippen LogP contribution in [0.15, 0.2) is 46.9 Å². The van der Waals surface area contributed by atoms with Crippen molar-refractivity contribution in [3.05, 3.63) is 73.9 Å². The van der Waals surface area contributed by atoms with Crippen LogP contribution in [0.1, 0.15) is 26.4 Å². The molecule has 0 unspecified atom stereocenters. The molecule has 120 valence electrons. The van der Waals surface area contributed by atoms with Gasteiger partial charge >= 0.3 is 0 Å². The first kappa shape index (κ1) is 16.1. The van der Waals surface area contributed by atoms with Gasteiger partial charge in [-0.3, -0.25) is 24.3 Å². The molecule has 1 heterocycles. The Labute approximate surface area is 145 Å². The molecule has 0 saturated heterocycles. The van der Waals surface area contributed by atoms with Gasteiger partial charge in [0, 0.05) is 28.3 Å². The first-order valence-corrected chi connectivity index (χ1v) is 7.79. The van der Waals surface area contributed by atoms with E-state index in [1.165, 1.54) is 22.8 Å². The Morgan fingerprint density at radius 1 is 1.25 bits per heavy atom. The van der Waals surface area contributed by atoms with Crippen molar-refractivity contribution in [1.29, 1.82) is 0 Å². The first-order valence-electron chi connectivity index (χ1n) is 6.99. The standard InChI is InChI=1S/C17H11BrN2O4/c1-10-13(9-21)12-4-2-3-5-15(12)19(10)17(22)11-6-7-14(18)16(8-11)20(23)24/h2-9H,1H3. The lowest BCUT2D eigenvalue weighted by Gasteiger charge is -2.07. The molecular formula is C17H11BrN2O4. The lowest BCUT2D eigenvalue weighted by molar-refractivity contribution is -0.385. The predicted molar refractivity (Wildman–Crippen MR) is 92.6 cm³/mol. The van der Waals surface area contributed by atoms with Crippen molar-refractivity contribution in [3.63, 3.8) is 0 Å². The zero-order valence-corrected chi connectivity index (χ0v) is 14.1. The topological polar surface area (TPSA) is 82.2 Å². The summed E-state index contributed by atoms with van der Waals surface area (Å²) in [6.45, 7) is 1.68. The lowest BCUT2D eigenvalue weighted by atomic mass is 10.1. The zero-order valence-electron chi connectivity index (χ0n) is 12.5. The summed E-state index contributed by atoms with van der Waals surface area (Å²) in [6, 6.07) is 11.3. The number of aldehydes is 1. The average molecular weight is 387 g/mol. The second kappa shape index (κ2) is 6.01. The number of hydrogen-bond acceptors (Lipinski definition) is 4. The van der Waals surface area contributed by atoms with Crippen LogP contribution in [0.25, 0.3) is 10.9 Å². The number of para-hydroxylation sites is 1. The van der Waals surface area contributed by atoms with E-state index in [1.54, 1.807) is 31.2 Å². The van der Waals surface area contributed by atoms with Crippen molar-refractivity contribution in [2.24, 2.45) is 0 Å². The number of rotatable bonds is 3. The number of nitro benzene ring substituents is 1. The molecule has 0 spiro atoms. The van der Waals surface area contributed by atoms with Gasteiger partial charge in [-0.15, -0.1) is 0 Å². The summed E-state index contributed by atoms with van der Waals surface area (Å²) in [5, 5.41) is 11.7. The van der Waals surface area contributed by atoms with E-state index in [-0.39, 0.29) is 11.3 Å². The van der Waals surface area contributed by atoms with Gasteiger partial charge in [0.2, 0.25) is 0 Å². The quantitative estimate of drug-likeness (QED) is 0.385. The summed E-state index contributed by atoms with van der Waals surface area (Å²) in [5.74, 6) is -0.424. The van der Waals surface area contributed by atoms with E-state index in [0.29, 0.717) is 32.9 Å². The fourth-order valence-electron chi connectivity index (χ4n) is 2.72. The minimum absolute atomic E-state index is 0.172. The highest BCUT2D eigenvalue weighted by molar-refractivity contribution is 9.10. The maximum atomic E-state index is 12.9. The Balaban J connectivity index is 2.23. The smallest absolute Gasteiger partial charge is 0.284 e. The number of benzene rings is 2. The van der Waals surface area contributed by atoms with E-state index in [0.717, 1.165) is 0 Å². The molecule has 6 nitrogen and oxygen atoms in total. The fraction of sp³-hybridized carbons (Fsp3) is 0.0588. The second-order valence-electron chi connectivity index (χ2n) is 5.20. The van der Waals surface area contributed by atoms with Crippen molar-refractivity contribution in [2.45, 2.75) is 6.92 Å². The molecule has 0 atom stereocenters. The number of carbonyl (C=O) groups is 2. The molecular weight excluding hydrogens is 376 g/mol. The highest BCUT2D eigenvalue weighted by atomic mass is 79.9. The van der Waals surface area contributed by atoms with Crippen molar-refractivity contribution in [3.8, 4) is 0 Å². The number of hydrogen-bond donors (Lipinski definition) is 0. The van der Waals surface area contributed by atoms with Gasteiger partial charge in [-0.05, 0) is 41.1 Å². The SMILES string of the molecule is Cc1c(C=O)c2ccccc2n1C(=O)c1ccc(Br)c([N+](=O)[O-])c1. The summed E-state index contributed by atoms with van der Waals surface area (Å²) >= 11 is 3.10. The Kier molecular flexibility index (Phi) is 4.02. The number of halogens is 1. The Hall–Kier alpha value is -2.80. The van der Waals surface area contributed by atoms with Crippen molar-refractivity contribution in [2.75, 3.05) is 0 Å². The molecule has 0 fully saturated rings. The van der Waals surface area contributed by atoms with E-state index < -0.39 is 10.8 Å². The van der Waals surface area contributed by atoms with Crippen molar-refractivity contribution < 1.29 is 14.5 Å². The van der Waals surface area contributed by atoms with Gasteiger partial charge < -0.3 is 0 Å². The molecule has 0 bridgehead atoms.